The molecule has 0 spiro atoms. The predicted octanol–water partition coefficient (Wildman–Crippen LogP) is 2.89. The zero-order chi connectivity index (χ0) is 18.9. The Morgan fingerprint density at radius 3 is 0.808 bits per heavy atom. The average molecular weight is 411 g/mol. The molecule has 0 N–H and O–H groups in total. The normalized spacial score (nSPS) is 8.19. The maximum Gasteiger partial charge on any atom is 0.106 e. The van der Waals surface area contributed by atoms with Crippen molar-refractivity contribution in [3.05, 3.63) is 91.0 Å². The van der Waals surface area contributed by atoms with E-state index in [1.807, 2.05) is 20.4 Å². The molecule has 0 atom stereocenters. The van der Waals surface area contributed by atoms with Gasteiger partial charge in [-0.15, -0.1) is 0 Å². The van der Waals surface area contributed by atoms with Crippen molar-refractivity contribution in [1.82, 2.24) is 0 Å². The van der Waals surface area contributed by atoms with Gasteiger partial charge in [0.2, 0.25) is 0 Å². The largest absolute Gasteiger partial charge is 0.307 e. The van der Waals surface area contributed by atoms with Crippen molar-refractivity contribution < 1.29 is 30.9 Å². The molecule has 138 valence electrons. The molecule has 0 aliphatic rings. The molecule has 26 heavy (non-hydrogen) atoms. The molecule has 0 aliphatic heterocycles. The molecule has 0 radical (unpaired) electrons. The summed E-state index contributed by atoms with van der Waals surface area (Å²) in [6, 6.07) is 32.3. The molecule has 5 heteroatoms. The Morgan fingerprint density at radius 2 is 0.615 bits per heavy atom. The minimum absolute atomic E-state index is 0. The van der Waals surface area contributed by atoms with Gasteiger partial charge >= 0.3 is 0 Å². The van der Waals surface area contributed by atoms with E-state index in [9.17, 15) is 0 Å². The van der Waals surface area contributed by atoms with Crippen molar-refractivity contribution in [2.24, 2.45) is 0 Å². The third-order valence-corrected chi connectivity index (χ3v) is 5.49. The van der Waals surface area contributed by atoms with E-state index in [2.05, 4.69) is 91.0 Å². The first-order valence-electron chi connectivity index (χ1n) is 7.27. The molecule has 3 aromatic carbocycles. The number of rotatable bonds is 3. The third kappa shape index (κ3) is 8.11. The topological polar surface area (TPSA) is 51.2 Å². The van der Waals surface area contributed by atoms with Gasteiger partial charge in [0, 0.05) is 16.5 Å². The molecule has 3 aromatic rings. The van der Waals surface area contributed by atoms with Crippen LogP contribution in [-0.4, -0.2) is 20.4 Å². The molecule has 0 saturated heterocycles. The predicted molar refractivity (Wildman–Crippen MR) is 107 cm³/mol. The summed E-state index contributed by atoms with van der Waals surface area (Å²) in [5, 5.41) is 4.19. The fourth-order valence-electron chi connectivity index (χ4n) is 2.18. The number of benzene rings is 3. The van der Waals surface area contributed by atoms with E-state index in [1.54, 1.807) is 0 Å². The summed E-state index contributed by atoms with van der Waals surface area (Å²) in [6.45, 7) is 6.00. The minimum atomic E-state index is -0.446. The van der Waals surface area contributed by atoms with Gasteiger partial charge in [0.25, 0.3) is 0 Å². The van der Waals surface area contributed by atoms with Gasteiger partial charge in [-0.1, -0.05) is 91.0 Å². The van der Waals surface area contributed by atoms with Crippen molar-refractivity contribution in [2.75, 3.05) is 0 Å². The first-order chi connectivity index (χ1) is 12.4. The number of carbonyl (C=O) groups excluding carboxylic acids is 3. The Labute approximate surface area is 166 Å². The zero-order valence-corrected chi connectivity index (χ0v) is 16.2. The van der Waals surface area contributed by atoms with Crippen molar-refractivity contribution in [3.63, 3.8) is 0 Å². The van der Waals surface area contributed by atoms with E-state index in [0.29, 0.717) is 0 Å². The molecule has 0 aromatic heterocycles. The Bertz CT molecular complexity index is 583. The van der Waals surface area contributed by atoms with Crippen LogP contribution in [0.3, 0.4) is 0 Å². The van der Waals surface area contributed by atoms with E-state index in [4.69, 9.17) is 14.4 Å². The molecule has 0 amide bonds. The van der Waals surface area contributed by atoms with Crippen LogP contribution in [0.25, 0.3) is 0 Å². The van der Waals surface area contributed by atoms with Crippen LogP contribution >= 0.6 is 7.92 Å². The summed E-state index contributed by atoms with van der Waals surface area (Å²) in [4.78, 5) is 24.0. The van der Waals surface area contributed by atoms with Gasteiger partial charge < -0.3 is 14.4 Å². The summed E-state index contributed by atoms with van der Waals surface area (Å²) in [5.41, 5.74) is 0. The molecule has 3 rings (SSSR count). The van der Waals surface area contributed by atoms with Crippen molar-refractivity contribution in [2.45, 2.75) is 0 Å². The van der Waals surface area contributed by atoms with Crippen molar-refractivity contribution in [3.8, 4) is 0 Å². The van der Waals surface area contributed by atoms with E-state index < -0.39 is 7.92 Å². The van der Waals surface area contributed by atoms with Gasteiger partial charge in [0.15, 0.2) is 0 Å². The molecule has 0 fully saturated rings. The zero-order valence-electron chi connectivity index (χ0n) is 14.3. The molecule has 0 bridgehead atoms. The van der Waals surface area contributed by atoms with Crippen LogP contribution in [0.2, 0.25) is 0 Å². The second-order valence-corrected chi connectivity index (χ2v) is 6.56. The van der Waals surface area contributed by atoms with Crippen LogP contribution < -0.4 is 15.9 Å². The summed E-state index contributed by atoms with van der Waals surface area (Å²) in [6.07, 6.45) is 0. The first kappa shape index (κ1) is 25.8. The van der Waals surface area contributed by atoms with Gasteiger partial charge in [0.05, 0.1) is 0 Å². The van der Waals surface area contributed by atoms with Crippen LogP contribution in [0.1, 0.15) is 0 Å². The van der Waals surface area contributed by atoms with Crippen LogP contribution in [0.15, 0.2) is 91.0 Å². The van der Waals surface area contributed by atoms with Crippen LogP contribution in [-0.2, 0) is 30.9 Å². The van der Waals surface area contributed by atoms with E-state index in [0.717, 1.165) is 0 Å². The van der Waals surface area contributed by atoms with E-state index in [-0.39, 0.29) is 16.5 Å². The maximum absolute atomic E-state index is 8.00. The molecule has 0 aliphatic carbocycles. The monoisotopic (exact) mass is 410 g/mol. The van der Waals surface area contributed by atoms with Gasteiger partial charge in [-0.05, 0) is 23.8 Å². The molecular weight excluding hydrogens is 390 g/mol. The van der Waals surface area contributed by atoms with E-state index in [1.165, 1.54) is 15.9 Å². The summed E-state index contributed by atoms with van der Waals surface area (Å²) >= 11 is 0. The average Bonchev–Trinajstić information content (AvgIpc) is 2.75. The Kier molecular flexibility index (Phi) is 17.3. The first-order valence-corrected chi connectivity index (χ1v) is 8.61. The summed E-state index contributed by atoms with van der Waals surface area (Å²) in [5.74, 6) is 0. The fraction of sp³-hybridized carbons (Fsp3) is 0. The molecule has 0 unspecified atom stereocenters. The maximum atomic E-state index is 8.00. The molecule has 3 nitrogen and oxygen atoms in total. The number of hydrogen-bond acceptors (Lipinski definition) is 3. The van der Waals surface area contributed by atoms with Crippen LogP contribution in [0.5, 0.6) is 0 Å². The number of hydrogen-bond donors (Lipinski definition) is 0. The quantitative estimate of drug-likeness (QED) is 0.492. The minimum Gasteiger partial charge on any atom is -0.307 e. The fourth-order valence-corrected chi connectivity index (χ4v) is 4.48. The number of carbonyl (C=O) groups is 3. The van der Waals surface area contributed by atoms with Crippen molar-refractivity contribution in [1.29, 1.82) is 0 Å². The third-order valence-electron chi connectivity index (χ3n) is 3.04. The standard InChI is InChI=1S/C18H15P.3CH2O.Ni/c1-4-10-16(11-5-1)19(17-12-6-2-7-13-17)18-14-8-3-9-15-18;3*1-2;/h1-15H;3*1H2;. The Hall–Kier alpha value is -2.41. The second kappa shape index (κ2) is 17.4. The van der Waals surface area contributed by atoms with Crippen molar-refractivity contribution >= 4 is 44.2 Å². The van der Waals surface area contributed by atoms with Crippen LogP contribution in [0.4, 0.5) is 0 Å². The smallest absolute Gasteiger partial charge is 0.106 e. The van der Waals surface area contributed by atoms with Gasteiger partial charge in [-0.3, -0.25) is 0 Å². The SMILES string of the molecule is C=O.C=O.C=O.[Ni].c1ccc(P(c2ccccc2)c2ccccc2)cc1. The van der Waals surface area contributed by atoms with Gasteiger partial charge in [0.1, 0.15) is 20.4 Å². The molecular formula is C21H21NiO3P. The second-order valence-electron chi connectivity index (χ2n) is 4.34. The summed E-state index contributed by atoms with van der Waals surface area (Å²) < 4.78 is 0. The molecule has 0 saturated carbocycles. The van der Waals surface area contributed by atoms with E-state index >= 15 is 0 Å². The Balaban J connectivity index is 0. The van der Waals surface area contributed by atoms with Crippen LogP contribution in [0, 0.1) is 0 Å². The van der Waals surface area contributed by atoms with Gasteiger partial charge in [-0.25, -0.2) is 0 Å². The summed E-state index contributed by atoms with van der Waals surface area (Å²) in [7, 11) is -0.446. The van der Waals surface area contributed by atoms with Gasteiger partial charge in [-0.2, -0.15) is 0 Å². The Morgan fingerprint density at radius 1 is 0.423 bits per heavy atom. The molecule has 0 heterocycles.